The zero-order chi connectivity index (χ0) is 22.2. The van der Waals surface area contributed by atoms with Crippen LogP contribution in [0.4, 0.5) is 0 Å². The van der Waals surface area contributed by atoms with Crippen molar-refractivity contribution in [3.8, 4) is 28.6 Å². The van der Waals surface area contributed by atoms with E-state index in [4.69, 9.17) is 9.15 Å². The summed E-state index contributed by atoms with van der Waals surface area (Å²) in [7, 11) is 0. The Morgan fingerprint density at radius 3 is 2.18 bits per heavy atom. The first-order chi connectivity index (χ1) is 16.2. The first-order valence-corrected chi connectivity index (χ1v) is 10.5. The highest BCUT2D eigenvalue weighted by Crippen LogP contribution is 2.28. The lowest BCUT2D eigenvalue weighted by atomic mass is 10.1. The van der Waals surface area contributed by atoms with Gasteiger partial charge in [-0.05, 0) is 54.1 Å². The number of aromatic hydroxyl groups is 1. The van der Waals surface area contributed by atoms with Crippen LogP contribution in [-0.2, 0) is 6.61 Å². The van der Waals surface area contributed by atoms with E-state index in [1.54, 1.807) is 18.2 Å². The van der Waals surface area contributed by atoms with Crippen molar-refractivity contribution >= 4 is 22.1 Å². The number of para-hydroxylation sites is 2. The Kier molecular flexibility index (Phi) is 4.51. The van der Waals surface area contributed by atoms with Crippen LogP contribution in [0.5, 0.6) is 11.5 Å². The average molecular weight is 434 g/mol. The molecule has 4 aromatic carbocycles. The fourth-order valence-corrected chi connectivity index (χ4v) is 3.64. The molecule has 0 fully saturated rings. The van der Waals surface area contributed by atoms with Crippen molar-refractivity contribution in [2.45, 2.75) is 6.61 Å². The van der Waals surface area contributed by atoms with Crippen molar-refractivity contribution < 1.29 is 14.3 Å². The Labute approximate surface area is 188 Å². The summed E-state index contributed by atoms with van der Waals surface area (Å²) in [5.41, 5.74) is 5.50. The van der Waals surface area contributed by atoms with Gasteiger partial charge < -0.3 is 14.3 Å². The van der Waals surface area contributed by atoms with Gasteiger partial charge in [-0.15, -0.1) is 15.0 Å². The Bertz CT molecular complexity index is 1520. The van der Waals surface area contributed by atoms with Crippen molar-refractivity contribution in [2.24, 2.45) is 0 Å². The number of hydrogen-bond acceptors (Lipinski definition) is 6. The van der Waals surface area contributed by atoms with Crippen LogP contribution in [0.15, 0.2) is 95.4 Å². The van der Waals surface area contributed by atoms with Crippen molar-refractivity contribution in [1.29, 1.82) is 0 Å². The van der Waals surface area contributed by atoms with E-state index < -0.39 is 0 Å². The van der Waals surface area contributed by atoms with Crippen molar-refractivity contribution in [3.05, 3.63) is 96.6 Å². The molecule has 2 aromatic heterocycles. The lowest BCUT2D eigenvalue weighted by molar-refractivity contribution is 0.304. The molecule has 0 saturated heterocycles. The van der Waals surface area contributed by atoms with E-state index in [0.717, 1.165) is 33.3 Å². The number of benzene rings is 4. The fraction of sp³-hybridized carbons (Fsp3) is 0.0385. The third-order valence-electron chi connectivity index (χ3n) is 5.35. The van der Waals surface area contributed by atoms with Crippen LogP contribution in [0.3, 0.4) is 0 Å². The Morgan fingerprint density at radius 2 is 1.48 bits per heavy atom. The molecule has 2 heterocycles. The van der Waals surface area contributed by atoms with Crippen molar-refractivity contribution in [3.63, 3.8) is 0 Å². The second-order valence-corrected chi connectivity index (χ2v) is 7.60. The number of hydrogen-bond donors (Lipinski definition) is 1. The predicted molar refractivity (Wildman–Crippen MR) is 124 cm³/mol. The van der Waals surface area contributed by atoms with Gasteiger partial charge in [0.1, 0.15) is 40.3 Å². The molecule has 160 valence electrons. The lowest BCUT2D eigenvalue weighted by Gasteiger charge is -2.09. The molecule has 0 spiro atoms. The number of nitrogens with zero attached hydrogens (tertiary/aromatic N) is 4. The molecule has 7 nitrogen and oxygen atoms in total. The van der Waals surface area contributed by atoms with E-state index >= 15 is 0 Å². The summed E-state index contributed by atoms with van der Waals surface area (Å²) in [6.07, 6.45) is 0. The van der Waals surface area contributed by atoms with Crippen LogP contribution in [0.2, 0.25) is 0 Å². The predicted octanol–water partition coefficient (Wildman–Crippen LogP) is 5.51. The summed E-state index contributed by atoms with van der Waals surface area (Å²) in [6.45, 7) is 0.358. The van der Waals surface area contributed by atoms with E-state index in [-0.39, 0.29) is 5.75 Å². The van der Waals surface area contributed by atoms with Crippen molar-refractivity contribution in [2.75, 3.05) is 0 Å². The number of oxazole rings is 1. The second kappa shape index (κ2) is 7.80. The maximum atomic E-state index is 10.5. The number of aromatic nitrogens is 4. The van der Waals surface area contributed by atoms with E-state index in [0.29, 0.717) is 23.9 Å². The van der Waals surface area contributed by atoms with Gasteiger partial charge in [0.25, 0.3) is 0 Å². The first kappa shape index (κ1) is 19.1. The van der Waals surface area contributed by atoms with Gasteiger partial charge >= 0.3 is 0 Å². The van der Waals surface area contributed by atoms with Gasteiger partial charge in [0.2, 0.25) is 5.89 Å². The normalized spacial score (nSPS) is 11.3. The smallest absolute Gasteiger partial charge is 0.227 e. The van der Waals surface area contributed by atoms with Gasteiger partial charge in [0, 0.05) is 11.6 Å². The summed E-state index contributed by atoms with van der Waals surface area (Å²) in [6, 6.07) is 28.2. The zero-order valence-electron chi connectivity index (χ0n) is 17.4. The molecule has 0 aliphatic carbocycles. The molecule has 33 heavy (non-hydrogen) atoms. The van der Waals surface area contributed by atoms with Gasteiger partial charge in [-0.3, -0.25) is 0 Å². The number of fused-ring (bicyclic) bond motifs is 2. The highest BCUT2D eigenvalue weighted by atomic mass is 16.5. The minimum Gasteiger partial charge on any atom is -0.505 e. The van der Waals surface area contributed by atoms with Crippen LogP contribution in [0.1, 0.15) is 5.56 Å². The average Bonchev–Trinajstić information content (AvgIpc) is 3.47. The van der Waals surface area contributed by atoms with Gasteiger partial charge in [0.05, 0.1) is 0 Å². The molecule has 6 rings (SSSR count). The Morgan fingerprint density at radius 1 is 0.788 bits per heavy atom. The van der Waals surface area contributed by atoms with Crippen LogP contribution < -0.4 is 4.74 Å². The highest BCUT2D eigenvalue weighted by molar-refractivity contribution is 5.76. The molecule has 0 aliphatic heterocycles. The standard InChI is InChI=1S/C26H18N4O3/c31-24-15-19(13-14-23(24)30-28-20-5-1-2-6-21(20)29-30)32-16-17-9-11-18(12-10-17)26-27-22-7-3-4-8-25(22)33-26/h1-15,31H,16H2. The molecule has 0 radical (unpaired) electrons. The lowest BCUT2D eigenvalue weighted by Crippen LogP contribution is -2.00. The molecule has 0 saturated carbocycles. The third kappa shape index (κ3) is 3.65. The Balaban J connectivity index is 1.16. The molecular weight excluding hydrogens is 416 g/mol. The molecule has 0 bridgehead atoms. The van der Waals surface area contributed by atoms with E-state index in [2.05, 4.69) is 15.2 Å². The number of rotatable bonds is 5. The summed E-state index contributed by atoms with van der Waals surface area (Å²) < 4.78 is 11.7. The molecule has 1 N–H and O–H groups in total. The number of phenols is 1. The van der Waals surface area contributed by atoms with E-state index in [1.807, 2.05) is 72.8 Å². The fourth-order valence-electron chi connectivity index (χ4n) is 3.64. The SMILES string of the molecule is Oc1cc(OCc2ccc(-c3nc4ccccc4o3)cc2)ccc1-n1nc2ccccc2n1. The minimum atomic E-state index is 0.0408. The van der Waals surface area contributed by atoms with Crippen LogP contribution in [0, 0.1) is 0 Å². The molecule has 7 heteroatoms. The quantitative estimate of drug-likeness (QED) is 0.385. The largest absolute Gasteiger partial charge is 0.505 e. The van der Waals surface area contributed by atoms with Crippen LogP contribution in [-0.4, -0.2) is 25.1 Å². The third-order valence-corrected chi connectivity index (χ3v) is 5.35. The van der Waals surface area contributed by atoms with Gasteiger partial charge in [-0.2, -0.15) is 0 Å². The van der Waals surface area contributed by atoms with Gasteiger partial charge in [0.15, 0.2) is 5.58 Å². The monoisotopic (exact) mass is 434 g/mol. The van der Waals surface area contributed by atoms with Crippen LogP contribution in [0.25, 0.3) is 39.3 Å². The molecule has 6 aromatic rings. The first-order valence-electron chi connectivity index (χ1n) is 10.5. The van der Waals surface area contributed by atoms with Crippen molar-refractivity contribution in [1.82, 2.24) is 20.0 Å². The maximum Gasteiger partial charge on any atom is 0.227 e. The molecular formula is C26H18N4O3. The molecule has 0 amide bonds. The molecule has 0 unspecified atom stereocenters. The topological polar surface area (TPSA) is 86.2 Å². The minimum absolute atomic E-state index is 0.0408. The molecule has 0 atom stereocenters. The summed E-state index contributed by atoms with van der Waals surface area (Å²) >= 11 is 0. The highest BCUT2D eigenvalue weighted by Gasteiger charge is 2.11. The van der Waals surface area contributed by atoms with Gasteiger partial charge in [-0.25, -0.2) is 4.98 Å². The molecule has 0 aliphatic rings. The van der Waals surface area contributed by atoms with E-state index in [9.17, 15) is 5.11 Å². The maximum absolute atomic E-state index is 10.5. The summed E-state index contributed by atoms with van der Waals surface area (Å²) in [5.74, 6) is 1.18. The number of ether oxygens (including phenoxy) is 1. The Hall–Kier alpha value is -4.65. The van der Waals surface area contributed by atoms with Crippen LogP contribution >= 0.6 is 0 Å². The summed E-state index contributed by atoms with van der Waals surface area (Å²) in [5, 5.41) is 19.3. The summed E-state index contributed by atoms with van der Waals surface area (Å²) in [4.78, 5) is 5.95. The second-order valence-electron chi connectivity index (χ2n) is 7.60. The van der Waals surface area contributed by atoms with E-state index in [1.165, 1.54) is 4.80 Å². The zero-order valence-corrected chi connectivity index (χ0v) is 17.4. The van der Waals surface area contributed by atoms with Gasteiger partial charge in [-0.1, -0.05) is 36.4 Å². The number of phenolic OH excluding ortho intramolecular Hbond substituents is 1.